The Bertz CT molecular complexity index is 806. The van der Waals surface area contributed by atoms with Gasteiger partial charge in [0.25, 0.3) is 17.5 Å². The lowest BCUT2D eigenvalue weighted by Crippen LogP contribution is -2.46. The predicted octanol–water partition coefficient (Wildman–Crippen LogP) is 1.77. The maximum Gasteiger partial charge on any atom is 0.406 e. The summed E-state index contributed by atoms with van der Waals surface area (Å²) in [6.07, 6.45) is -3.61. The molecule has 1 aromatic carbocycles. The zero-order chi connectivity index (χ0) is 19.6. The van der Waals surface area contributed by atoms with Gasteiger partial charge in [-0.2, -0.15) is 13.2 Å². The number of nitro groups is 1. The first-order valence-corrected chi connectivity index (χ1v) is 7.16. The van der Waals surface area contributed by atoms with Crippen LogP contribution in [0.2, 0.25) is 0 Å². The molecule has 1 aromatic rings. The van der Waals surface area contributed by atoms with Crippen LogP contribution < -0.4 is 0 Å². The number of fused-ring (bicyclic) bond motifs is 1. The molecule has 0 radical (unpaired) electrons. The Balaban J connectivity index is 2.27. The maximum absolute atomic E-state index is 12.6. The van der Waals surface area contributed by atoms with Crippen molar-refractivity contribution in [2.45, 2.75) is 6.18 Å². The molecule has 138 valence electrons. The number of amides is 3. The molecule has 0 atom stereocenters. The van der Waals surface area contributed by atoms with Gasteiger partial charge in [0.15, 0.2) is 0 Å². The van der Waals surface area contributed by atoms with E-state index in [2.05, 4.69) is 6.58 Å². The third kappa shape index (κ3) is 3.71. The van der Waals surface area contributed by atoms with Crippen LogP contribution in [0.5, 0.6) is 0 Å². The highest BCUT2D eigenvalue weighted by Crippen LogP contribution is 2.30. The average molecular weight is 371 g/mol. The largest absolute Gasteiger partial charge is 0.406 e. The van der Waals surface area contributed by atoms with Crippen molar-refractivity contribution in [2.24, 2.45) is 0 Å². The van der Waals surface area contributed by atoms with E-state index in [-0.39, 0.29) is 5.56 Å². The number of carbonyl (C=O) groups excluding carboxylic acids is 3. The highest BCUT2D eigenvalue weighted by molar-refractivity contribution is 6.24. The lowest BCUT2D eigenvalue weighted by Gasteiger charge is -2.24. The number of carbonyl (C=O) groups is 3. The topological polar surface area (TPSA) is 101 Å². The fourth-order valence-electron chi connectivity index (χ4n) is 2.47. The maximum atomic E-state index is 12.6. The zero-order valence-electron chi connectivity index (χ0n) is 13.2. The first-order chi connectivity index (χ1) is 12.1. The van der Waals surface area contributed by atoms with E-state index in [1.54, 1.807) is 0 Å². The Morgan fingerprint density at radius 1 is 1.31 bits per heavy atom. The molecule has 0 fully saturated rings. The summed E-state index contributed by atoms with van der Waals surface area (Å²) < 4.78 is 37.7. The molecular weight excluding hydrogens is 359 g/mol. The van der Waals surface area contributed by atoms with E-state index in [1.165, 1.54) is 12.1 Å². The van der Waals surface area contributed by atoms with E-state index >= 15 is 0 Å². The number of hydrogen-bond acceptors (Lipinski definition) is 5. The molecule has 0 aliphatic carbocycles. The molecule has 0 saturated heterocycles. The Morgan fingerprint density at radius 3 is 2.50 bits per heavy atom. The van der Waals surface area contributed by atoms with Gasteiger partial charge in [-0.1, -0.05) is 12.1 Å². The minimum absolute atomic E-state index is 0.275. The highest BCUT2D eigenvalue weighted by atomic mass is 19.4. The lowest BCUT2D eigenvalue weighted by atomic mass is 10.1. The van der Waals surface area contributed by atoms with Gasteiger partial charge < -0.3 is 4.90 Å². The van der Waals surface area contributed by atoms with Gasteiger partial charge in [0, 0.05) is 12.6 Å². The molecule has 0 spiro atoms. The Kier molecular flexibility index (Phi) is 5.10. The molecule has 1 heterocycles. The van der Waals surface area contributed by atoms with Crippen molar-refractivity contribution >= 4 is 23.4 Å². The van der Waals surface area contributed by atoms with Crippen molar-refractivity contribution in [3.05, 3.63) is 52.1 Å². The summed E-state index contributed by atoms with van der Waals surface area (Å²) in [5.74, 6) is -3.22. The van der Waals surface area contributed by atoms with Crippen LogP contribution >= 0.6 is 0 Å². The summed E-state index contributed by atoms with van der Waals surface area (Å²) in [7, 11) is 0. The Labute approximate surface area is 144 Å². The standard InChI is InChI=1S/C15H12F3N3O5/c1-2-6-19(8-15(16,17)18)11(22)7-20-13(23)9-4-3-5-10(21(25)26)12(9)14(20)24/h2-5H,1,6-8H2. The summed E-state index contributed by atoms with van der Waals surface area (Å²) in [5.41, 5.74) is -1.38. The van der Waals surface area contributed by atoms with E-state index in [0.29, 0.717) is 9.80 Å². The number of halogens is 3. The molecule has 3 amide bonds. The molecule has 0 saturated carbocycles. The minimum atomic E-state index is -4.68. The SMILES string of the molecule is C=CCN(CC(F)(F)F)C(=O)CN1C(=O)c2cccc([N+](=O)[O-])c2C1=O. The van der Waals surface area contributed by atoms with Crippen molar-refractivity contribution in [3.63, 3.8) is 0 Å². The van der Waals surface area contributed by atoms with Gasteiger partial charge in [-0.25, -0.2) is 0 Å². The monoisotopic (exact) mass is 371 g/mol. The molecule has 0 aromatic heterocycles. The number of alkyl halides is 3. The number of benzene rings is 1. The fourth-order valence-corrected chi connectivity index (χ4v) is 2.47. The van der Waals surface area contributed by atoms with Gasteiger partial charge in [-0.05, 0) is 6.07 Å². The van der Waals surface area contributed by atoms with Gasteiger partial charge in [0.2, 0.25) is 5.91 Å². The summed E-state index contributed by atoms with van der Waals surface area (Å²) in [4.78, 5) is 47.6. The van der Waals surface area contributed by atoms with Crippen molar-refractivity contribution < 1.29 is 32.5 Å². The molecule has 8 nitrogen and oxygen atoms in total. The van der Waals surface area contributed by atoms with E-state index in [1.807, 2.05) is 0 Å². The summed E-state index contributed by atoms with van der Waals surface area (Å²) in [5, 5.41) is 11.0. The van der Waals surface area contributed by atoms with Crippen molar-refractivity contribution in [2.75, 3.05) is 19.6 Å². The number of imide groups is 1. The molecule has 1 aliphatic rings. The molecule has 2 rings (SSSR count). The number of nitrogens with zero attached hydrogens (tertiary/aromatic N) is 3. The van der Waals surface area contributed by atoms with E-state index < -0.39 is 59.7 Å². The third-order valence-electron chi connectivity index (χ3n) is 3.54. The number of hydrogen-bond donors (Lipinski definition) is 0. The normalized spacial score (nSPS) is 13.6. The van der Waals surface area contributed by atoms with Crippen LogP contribution in [-0.4, -0.2) is 58.3 Å². The first-order valence-electron chi connectivity index (χ1n) is 7.16. The smallest absolute Gasteiger partial charge is 0.328 e. The van der Waals surface area contributed by atoms with E-state index in [4.69, 9.17) is 0 Å². The lowest BCUT2D eigenvalue weighted by molar-refractivity contribution is -0.385. The minimum Gasteiger partial charge on any atom is -0.328 e. The molecule has 0 unspecified atom stereocenters. The van der Waals surface area contributed by atoms with Gasteiger partial charge in [-0.3, -0.25) is 29.4 Å². The third-order valence-corrected chi connectivity index (χ3v) is 3.54. The fraction of sp³-hybridized carbons (Fsp3) is 0.267. The van der Waals surface area contributed by atoms with Gasteiger partial charge in [0.1, 0.15) is 18.7 Å². The average Bonchev–Trinajstić information content (AvgIpc) is 2.78. The molecular formula is C15H12F3N3O5. The zero-order valence-corrected chi connectivity index (χ0v) is 13.2. The highest BCUT2D eigenvalue weighted by Gasteiger charge is 2.42. The van der Waals surface area contributed by atoms with Crippen LogP contribution in [0.15, 0.2) is 30.9 Å². The number of nitro benzene ring substituents is 1. The predicted molar refractivity (Wildman–Crippen MR) is 81.3 cm³/mol. The molecule has 0 N–H and O–H groups in total. The Morgan fingerprint density at radius 2 is 1.96 bits per heavy atom. The van der Waals surface area contributed by atoms with E-state index in [0.717, 1.165) is 12.1 Å². The molecule has 0 bridgehead atoms. The van der Waals surface area contributed by atoms with Crippen molar-refractivity contribution in [3.8, 4) is 0 Å². The Hall–Kier alpha value is -3.24. The van der Waals surface area contributed by atoms with Crippen molar-refractivity contribution in [1.29, 1.82) is 0 Å². The van der Waals surface area contributed by atoms with Crippen LogP contribution in [0, 0.1) is 10.1 Å². The summed E-state index contributed by atoms with van der Waals surface area (Å²) in [6, 6.07) is 3.38. The summed E-state index contributed by atoms with van der Waals surface area (Å²) in [6.45, 7) is 0.265. The van der Waals surface area contributed by atoms with Crippen molar-refractivity contribution in [1.82, 2.24) is 9.80 Å². The van der Waals surface area contributed by atoms with Gasteiger partial charge in [0.05, 0.1) is 10.5 Å². The quantitative estimate of drug-likeness (QED) is 0.328. The van der Waals surface area contributed by atoms with Gasteiger partial charge >= 0.3 is 6.18 Å². The second-order valence-corrected chi connectivity index (χ2v) is 5.33. The van der Waals surface area contributed by atoms with Gasteiger partial charge in [-0.15, -0.1) is 6.58 Å². The van der Waals surface area contributed by atoms with Crippen LogP contribution in [0.25, 0.3) is 0 Å². The van der Waals surface area contributed by atoms with Crippen LogP contribution in [-0.2, 0) is 4.79 Å². The van der Waals surface area contributed by atoms with Crippen LogP contribution in [0.3, 0.4) is 0 Å². The van der Waals surface area contributed by atoms with E-state index in [9.17, 15) is 37.7 Å². The molecule has 26 heavy (non-hydrogen) atoms. The molecule has 11 heteroatoms. The van der Waals surface area contributed by atoms with Crippen LogP contribution in [0.1, 0.15) is 20.7 Å². The first kappa shape index (κ1) is 19.1. The summed E-state index contributed by atoms with van der Waals surface area (Å²) >= 11 is 0. The van der Waals surface area contributed by atoms with Crippen LogP contribution in [0.4, 0.5) is 18.9 Å². The second-order valence-electron chi connectivity index (χ2n) is 5.33. The number of rotatable bonds is 6. The molecule has 1 aliphatic heterocycles. The second kappa shape index (κ2) is 6.94.